The van der Waals surface area contributed by atoms with E-state index in [0.29, 0.717) is 37.2 Å². The molecule has 0 aliphatic heterocycles. The summed E-state index contributed by atoms with van der Waals surface area (Å²) in [6.07, 6.45) is 3.04. The number of hydrogen-bond donors (Lipinski definition) is 2. The number of ether oxygens (including phenoxy) is 8. The number of esters is 6. The van der Waals surface area contributed by atoms with E-state index < -0.39 is 77.1 Å². The Bertz CT molecular complexity index is 1770. The Balaban J connectivity index is 1.19. The van der Waals surface area contributed by atoms with Gasteiger partial charge in [0.25, 0.3) is 0 Å². The predicted molar refractivity (Wildman–Crippen MR) is 234 cm³/mol. The molecule has 0 spiro atoms. The number of aliphatic hydroxyl groups is 2. The van der Waals surface area contributed by atoms with E-state index in [1.807, 2.05) is 38.1 Å². The average Bonchev–Trinajstić information content (AvgIpc) is 3.31. The Labute approximate surface area is 380 Å². The number of carbonyl (C=O) groups is 6. The molecular weight excluding hydrogens is 845 g/mol. The van der Waals surface area contributed by atoms with Gasteiger partial charge in [-0.15, -0.1) is 0 Å². The fourth-order valence-corrected chi connectivity index (χ4v) is 7.90. The van der Waals surface area contributed by atoms with Gasteiger partial charge in [-0.05, 0) is 85.8 Å². The SMILES string of the molecule is C=CC(=O)OCCOC(=O)C1CCC(C)CC1C(=O)OCC(O)COc1ccc(C(C)(C)c2ccc(OCC(O)COC(=O)C3CC(C)CCC3C(=O)OCCOC(=O)C=C)cc2)cc1. The zero-order valence-electron chi connectivity index (χ0n) is 37.8. The standard InChI is InChI=1S/C49H64O16/c1-7-43(52)58-21-23-60-45(54)39-19-9-31(3)25-41(39)47(56)64-29-35(50)27-62-37-15-11-33(12-16-37)49(5,6)34-13-17-38(18-14-34)63-28-36(51)30-65-48(57)42-26-32(4)10-20-40(42)46(55)61-24-22-59-44(53)8-2/h7-8,11-18,31-32,35-36,39-42,50-51H,1-2,9-10,19-30H2,3-6H3. The summed E-state index contributed by atoms with van der Waals surface area (Å²) in [5.41, 5.74) is 1.53. The van der Waals surface area contributed by atoms with Gasteiger partial charge in [-0.25, -0.2) is 9.59 Å². The van der Waals surface area contributed by atoms with Crippen molar-refractivity contribution in [3.05, 3.63) is 85.0 Å². The smallest absolute Gasteiger partial charge is 0.330 e. The highest BCUT2D eigenvalue weighted by Gasteiger charge is 2.41. The van der Waals surface area contributed by atoms with Crippen LogP contribution in [0.25, 0.3) is 0 Å². The van der Waals surface area contributed by atoms with E-state index >= 15 is 0 Å². The lowest BCUT2D eigenvalue weighted by Crippen LogP contribution is -2.38. The molecule has 2 aromatic carbocycles. The highest BCUT2D eigenvalue weighted by Crippen LogP contribution is 2.37. The summed E-state index contributed by atoms with van der Waals surface area (Å²) >= 11 is 0. The minimum absolute atomic E-state index is 0.125. The maximum absolute atomic E-state index is 13.1. The normalized spacial score (nSPS) is 21.6. The Morgan fingerprint density at radius 2 is 0.877 bits per heavy atom. The van der Waals surface area contributed by atoms with Crippen LogP contribution in [0.4, 0.5) is 0 Å². The summed E-state index contributed by atoms with van der Waals surface area (Å²) in [7, 11) is 0. The van der Waals surface area contributed by atoms with Crippen molar-refractivity contribution in [2.24, 2.45) is 35.5 Å². The van der Waals surface area contributed by atoms with Crippen molar-refractivity contribution in [2.45, 2.75) is 83.8 Å². The quantitative estimate of drug-likeness (QED) is 0.0597. The van der Waals surface area contributed by atoms with E-state index in [1.165, 1.54) is 0 Å². The Kier molecular flexibility index (Phi) is 20.5. The highest BCUT2D eigenvalue weighted by molar-refractivity contribution is 5.84. The summed E-state index contributed by atoms with van der Waals surface area (Å²) in [5, 5.41) is 21.2. The van der Waals surface area contributed by atoms with Crippen LogP contribution in [0.15, 0.2) is 73.8 Å². The summed E-state index contributed by atoms with van der Waals surface area (Å²) in [4.78, 5) is 74.2. The van der Waals surface area contributed by atoms with Gasteiger partial charge in [-0.1, -0.05) is 65.1 Å². The van der Waals surface area contributed by atoms with Gasteiger partial charge in [0.1, 0.15) is 76.6 Å². The van der Waals surface area contributed by atoms with Crippen molar-refractivity contribution in [1.82, 2.24) is 0 Å². The van der Waals surface area contributed by atoms with Crippen molar-refractivity contribution in [1.29, 1.82) is 0 Å². The molecule has 8 unspecified atom stereocenters. The van der Waals surface area contributed by atoms with Crippen molar-refractivity contribution in [3.63, 3.8) is 0 Å². The molecule has 0 amide bonds. The third kappa shape index (κ3) is 16.3. The van der Waals surface area contributed by atoms with Gasteiger partial charge in [0, 0.05) is 17.6 Å². The molecule has 0 bridgehead atoms. The molecule has 356 valence electrons. The van der Waals surface area contributed by atoms with Gasteiger partial charge >= 0.3 is 35.8 Å². The van der Waals surface area contributed by atoms with Gasteiger partial charge in [0.15, 0.2) is 0 Å². The van der Waals surface area contributed by atoms with E-state index in [0.717, 1.165) is 36.1 Å². The first kappa shape index (κ1) is 51.9. The molecule has 2 aliphatic carbocycles. The largest absolute Gasteiger partial charge is 0.491 e. The van der Waals surface area contributed by atoms with Gasteiger partial charge < -0.3 is 48.1 Å². The van der Waals surface area contributed by atoms with E-state index in [4.69, 9.17) is 37.9 Å². The lowest BCUT2D eigenvalue weighted by Gasteiger charge is -2.32. The van der Waals surface area contributed by atoms with E-state index in [9.17, 15) is 39.0 Å². The minimum atomic E-state index is -1.12. The summed E-state index contributed by atoms with van der Waals surface area (Å²) in [5.74, 6) is -5.03. The van der Waals surface area contributed by atoms with Gasteiger partial charge in [-0.3, -0.25) is 19.2 Å². The molecule has 16 nitrogen and oxygen atoms in total. The lowest BCUT2D eigenvalue weighted by molar-refractivity contribution is -0.166. The second-order valence-corrected chi connectivity index (χ2v) is 17.2. The fourth-order valence-electron chi connectivity index (χ4n) is 7.90. The Hall–Kier alpha value is -5.74. The maximum Gasteiger partial charge on any atom is 0.330 e. The lowest BCUT2D eigenvalue weighted by atomic mass is 9.74. The third-order valence-electron chi connectivity index (χ3n) is 11.8. The third-order valence-corrected chi connectivity index (χ3v) is 11.8. The van der Waals surface area contributed by atoms with Crippen LogP contribution in [0.1, 0.15) is 77.3 Å². The minimum Gasteiger partial charge on any atom is -0.491 e. The van der Waals surface area contributed by atoms with E-state index in [-0.39, 0.29) is 64.7 Å². The number of rotatable bonds is 24. The maximum atomic E-state index is 13.1. The second-order valence-electron chi connectivity index (χ2n) is 17.2. The Morgan fingerprint density at radius 3 is 1.23 bits per heavy atom. The van der Waals surface area contributed by atoms with Crippen LogP contribution < -0.4 is 9.47 Å². The van der Waals surface area contributed by atoms with Gasteiger partial charge in [0.05, 0.1) is 23.7 Å². The van der Waals surface area contributed by atoms with E-state index in [2.05, 4.69) is 27.0 Å². The first-order chi connectivity index (χ1) is 31.0. The van der Waals surface area contributed by atoms with E-state index in [1.54, 1.807) is 24.3 Å². The summed E-state index contributed by atoms with van der Waals surface area (Å²) in [6.45, 7) is 13.3. The molecule has 2 aromatic rings. The number of aliphatic hydroxyl groups excluding tert-OH is 2. The topological polar surface area (TPSA) is 217 Å². The zero-order valence-corrected chi connectivity index (χ0v) is 37.8. The van der Waals surface area contributed by atoms with Crippen molar-refractivity contribution in [2.75, 3.05) is 52.9 Å². The predicted octanol–water partition coefficient (Wildman–Crippen LogP) is 5.23. The van der Waals surface area contributed by atoms with Crippen LogP contribution in [-0.4, -0.2) is 111 Å². The molecule has 0 saturated heterocycles. The number of carbonyl (C=O) groups excluding carboxylic acids is 6. The molecule has 16 heteroatoms. The average molecular weight is 909 g/mol. The van der Waals surface area contributed by atoms with Gasteiger partial charge in [0.2, 0.25) is 0 Å². The zero-order chi connectivity index (χ0) is 47.5. The molecule has 65 heavy (non-hydrogen) atoms. The highest BCUT2D eigenvalue weighted by atomic mass is 16.6. The van der Waals surface area contributed by atoms with Crippen LogP contribution in [0.5, 0.6) is 11.5 Å². The van der Waals surface area contributed by atoms with Crippen molar-refractivity contribution < 1.29 is 76.9 Å². The Morgan fingerprint density at radius 1 is 0.538 bits per heavy atom. The molecule has 2 fully saturated rings. The second kappa shape index (κ2) is 25.7. The molecule has 2 aliphatic rings. The van der Waals surface area contributed by atoms with Crippen LogP contribution in [0.2, 0.25) is 0 Å². The molecule has 2 N–H and O–H groups in total. The first-order valence-corrected chi connectivity index (χ1v) is 22.1. The van der Waals surface area contributed by atoms with Gasteiger partial charge in [-0.2, -0.15) is 0 Å². The van der Waals surface area contributed by atoms with Crippen LogP contribution in [-0.2, 0) is 62.6 Å². The molecule has 2 saturated carbocycles. The van der Waals surface area contributed by atoms with Crippen LogP contribution >= 0.6 is 0 Å². The van der Waals surface area contributed by atoms with Crippen molar-refractivity contribution in [3.8, 4) is 11.5 Å². The summed E-state index contributed by atoms with van der Waals surface area (Å²) < 4.78 is 42.6. The number of benzene rings is 2. The molecule has 0 aromatic heterocycles. The monoisotopic (exact) mass is 908 g/mol. The van der Waals surface area contributed by atoms with Crippen molar-refractivity contribution >= 4 is 35.8 Å². The van der Waals surface area contributed by atoms with Crippen LogP contribution in [0.3, 0.4) is 0 Å². The molecule has 8 atom stereocenters. The fraction of sp³-hybridized carbons (Fsp3) is 0.551. The first-order valence-electron chi connectivity index (χ1n) is 22.1. The molecule has 0 radical (unpaired) electrons. The molecule has 4 rings (SSSR count). The number of hydrogen-bond acceptors (Lipinski definition) is 16. The summed E-state index contributed by atoms with van der Waals surface area (Å²) in [6, 6.07) is 14.8. The van der Waals surface area contributed by atoms with Crippen LogP contribution in [0, 0.1) is 35.5 Å². The molecular formula is C49H64O16. The molecule has 0 heterocycles.